The summed E-state index contributed by atoms with van der Waals surface area (Å²) >= 11 is 0. The number of piperidine rings is 1. The highest BCUT2D eigenvalue weighted by Gasteiger charge is 2.41. The largest absolute Gasteiger partial charge is 0.481 e. The van der Waals surface area contributed by atoms with Crippen LogP contribution < -0.4 is 5.32 Å². The van der Waals surface area contributed by atoms with E-state index in [4.69, 9.17) is 9.84 Å². The van der Waals surface area contributed by atoms with E-state index in [0.29, 0.717) is 30.6 Å². The maximum Gasteiger partial charge on any atom is 0.303 e. The van der Waals surface area contributed by atoms with Gasteiger partial charge >= 0.3 is 5.97 Å². The molecule has 18 heavy (non-hydrogen) atoms. The number of carboxylic acid groups (broad SMARTS) is 1. The van der Waals surface area contributed by atoms with Crippen molar-refractivity contribution in [2.75, 3.05) is 6.54 Å². The van der Waals surface area contributed by atoms with Crippen molar-refractivity contribution in [1.29, 1.82) is 0 Å². The van der Waals surface area contributed by atoms with Gasteiger partial charge in [0.15, 0.2) is 0 Å². The number of aliphatic carboxylic acids is 1. The lowest BCUT2D eigenvalue weighted by Crippen LogP contribution is -2.37. The maximum atomic E-state index is 10.7. The smallest absolute Gasteiger partial charge is 0.303 e. The van der Waals surface area contributed by atoms with E-state index in [0.717, 1.165) is 38.1 Å². The Morgan fingerprint density at radius 1 is 1.22 bits per heavy atom. The van der Waals surface area contributed by atoms with Crippen LogP contribution in [-0.4, -0.2) is 35.9 Å². The molecular formula is C14H23NO3. The van der Waals surface area contributed by atoms with E-state index in [1.54, 1.807) is 0 Å². The molecule has 1 aliphatic heterocycles. The summed E-state index contributed by atoms with van der Waals surface area (Å²) in [4.78, 5) is 10.7. The summed E-state index contributed by atoms with van der Waals surface area (Å²) in [5.41, 5.74) is 0. The van der Waals surface area contributed by atoms with Gasteiger partial charge < -0.3 is 15.2 Å². The zero-order valence-electron chi connectivity index (χ0n) is 10.8. The van der Waals surface area contributed by atoms with Crippen LogP contribution in [0.15, 0.2) is 0 Å². The molecule has 3 aliphatic rings. The number of ether oxygens (including phenoxy) is 1. The number of carbonyl (C=O) groups is 1. The number of rotatable bonds is 4. The van der Waals surface area contributed by atoms with Gasteiger partial charge in [0.25, 0.3) is 0 Å². The van der Waals surface area contributed by atoms with Gasteiger partial charge in [-0.1, -0.05) is 0 Å². The Bertz CT molecular complexity index is 312. The van der Waals surface area contributed by atoms with E-state index < -0.39 is 5.97 Å². The molecule has 1 heterocycles. The molecule has 2 aliphatic carbocycles. The Morgan fingerprint density at radius 2 is 2.00 bits per heavy atom. The molecule has 4 nitrogen and oxygen atoms in total. The summed E-state index contributed by atoms with van der Waals surface area (Å²) in [5, 5.41) is 12.3. The van der Waals surface area contributed by atoms with Crippen molar-refractivity contribution in [2.24, 2.45) is 11.8 Å². The van der Waals surface area contributed by atoms with Crippen molar-refractivity contribution in [3.63, 3.8) is 0 Å². The molecule has 0 aromatic carbocycles. The van der Waals surface area contributed by atoms with Crippen molar-refractivity contribution in [2.45, 2.75) is 63.2 Å². The van der Waals surface area contributed by atoms with Crippen molar-refractivity contribution < 1.29 is 14.6 Å². The first-order valence-electron chi connectivity index (χ1n) is 7.31. The van der Waals surface area contributed by atoms with Gasteiger partial charge in [-0.15, -0.1) is 0 Å². The van der Waals surface area contributed by atoms with Crippen molar-refractivity contribution >= 4 is 5.97 Å². The highest BCUT2D eigenvalue weighted by Crippen LogP contribution is 2.37. The van der Waals surface area contributed by atoms with Crippen LogP contribution in [0.2, 0.25) is 0 Å². The van der Waals surface area contributed by atoms with Crippen LogP contribution >= 0.6 is 0 Å². The Hall–Kier alpha value is -0.610. The molecule has 2 N–H and O–H groups in total. The number of fused-ring (bicyclic) bond motifs is 2. The zero-order chi connectivity index (χ0) is 12.5. The number of hydrogen-bond acceptors (Lipinski definition) is 3. The van der Waals surface area contributed by atoms with Gasteiger partial charge in [0.05, 0.1) is 12.2 Å². The van der Waals surface area contributed by atoms with E-state index in [1.165, 1.54) is 12.8 Å². The molecule has 102 valence electrons. The number of nitrogens with one attached hydrogen (secondary N) is 1. The Morgan fingerprint density at radius 3 is 2.56 bits per heavy atom. The van der Waals surface area contributed by atoms with Crippen LogP contribution in [0.1, 0.15) is 44.9 Å². The molecule has 0 aromatic heterocycles. The molecule has 4 heteroatoms. The minimum atomic E-state index is -0.654. The fourth-order valence-corrected chi connectivity index (χ4v) is 3.92. The molecule has 0 spiro atoms. The highest BCUT2D eigenvalue weighted by molar-refractivity contribution is 5.67. The van der Waals surface area contributed by atoms with Crippen molar-refractivity contribution in [3.05, 3.63) is 0 Å². The Labute approximate surface area is 108 Å². The predicted molar refractivity (Wildman–Crippen MR) is 67.4 cm³/mol. The van der Waals surface area contributed by atoms with Crippen LogP contribution in [0.4, 0.5) is 0 Å². The van der Waals surface area contributed by atoms with Gasteiger partial charge in [-0.25, -0.2) is 0 Å². The van der Waals surface area contributed by atoms with Gasteiger partial charge in [0, 0.05) is 19.0 Å². The van der Waals surface area contributed by atoms with Crippen molar-refractivity contribution in [1.82, 2.24) is 5.32 Å². The van der Waals surface area contributed by atoms with Gasteiger partial charge in [-0.3, -0.25) is 4.79 Å². The first-order valence-corrected chi connectivity index (χ1v) is 7.31. The SMILES string of the molecule is O=C(O)CC1CCC(OC2C[C@H]3C[C@@H]2CN3)CC1. The minimum Gasteiger partial charge on any atom is -0.481 e. The monoisotopic (exact) mass is 253 g/mol. The highest BCUT2D eigenvalue weighted by atomic mass is 16.5. The molecule has 2 bridgehead atoms. The maximum absolute atomic E-state index is 10.7. The minimum absolute atomic E-state index is 0.338. The molecule has 1 saturated heterocycles. The van der Waals surface area contributed by atoms with E-state index in [2.05, 4.69) is 5.32 Å². The molecule has 3 atom stereocenters. The summed E-state index contributed by atoms with van der Waals surface area (Å²) in [5.74, 6) is 0.453. The fourth-order valence-electron chi connectivity index (χ4n) is 3.92. The van der Waals surface area contributed by atoms with Gasteiger partial charge in [-0.05, 0) is 50.4 Å². The summed E-state index contributed by atoms with van der Waals surface area (Å²) in [6, 6.07) is 0.698. The predicted octanol–water partition coefficient (Wildman–Crippen LogP) is 1.79. The number of carboxylic acids is 1. The third-order valence-electron chi connectivity index (χ3n) is 4.92. The summed E-state index contributed by atoms with van der Waals surface area (Å²) < 4.78 is 6.25. The fraction of sp³-hybridized carbons (Fsp3) is 0.929. The van der Waals surface area contributed by atoms with Crippen LogP contribution in [0.25, 0.3) is 0 Å². The molecule has 3 fully saturated rings. The second-order valence-electron chi connectivity index (χ2n) is 6.25. The summed E-state index contributed by atoms with van der Waals surface area (Å²) in [6.45, 7) is 1.13. The molecule has 1 unspecified atom stereocenters. The standard InChI is InChI=1S/C14H23NO3/c16-14(17)5-9-1-3-12(4-2-9)18-13-7-11-6-10(13)8-15-11/h9-13,15H,1-8H2,(H,16,17)/t9?,10-,11-,12?,13?/m1/s1. The second kappa shape index (κ2) is 5.17. The van der Waals surface area contributed by atoms with Crippen LogP contribution in [0, 0.1) is 11.8 Å². The number of hydrogen-bond donors (Lipinski definition) is 2. The van der Waals surface area contributed by atoms with Crippen LogP contribution in [-0.2, 0) is 9.53 Å². The van der Waals surface area contributed by atoms with Gasteiger partial charge in [0.2, 0.25) is 0 Å². The van der Waals surface area contributed by atoms with E-state index in [-0.39, 0.29) is 0 Å². The quantitative estimate of drug-likeness (QED) is 0.802. The lowest BCUT2D eigenvalue weighted by Gasteiger charge is -2.32. The Balaban J connectivity index is 1.42. The first-order chi connectivity index (χ1) is 8.70. The average molecular weight is 253 g/mol. The Kier molecular flexibility index (Phi) is 3.57. The van der Waals surface area contributed by atoms with E-state index >= 15 is 0 Å². The van der Waals surface area contributed by atoms with E-state index in [9.17, 15) is 4.79 Å². The van der Waals surface area contributed by atoms with Gasteiger partial charge in [0.1, 0.15) is 0 Å². The summed E-state index contributed by atoms with van der Waals surface area (Å²) in [6.07, 6.45) is 7.82. The van der Waals surface area contributed by atoms with Gasteiger partial charge in [-0.2, -0.15) is 0 Å². The third kappa shape index (κ3) is 2.69. The second-order valence-corrected chi connectivity index (χ2v) is 6.25. The lowest BCUT2D eigenvalue weighted by atomic mass is 9.85. The first kappa shape index (κ1) is 12.4. The molecule has 3 rings (SSSR count). The van der Waals surface area contributed by atoms with Crippen LogP contribution in [0.3, 0.4) is 0 Å². The topological polar surface area (TPSA) is 58.6 Å². The van der Waals surface area contributed by atoms with E-state index in [1.807, 2.05) is 0 Å². The third-order valence-corrected chi connectivity index (χ3v) is 4.92. The lowest BCUT2D eigenvalue weighted by molar-refractivity contribution is -0.138. The average Bonchev–Trinajstić information content (AvgIpc) is 2.93. The molecule has 0 aromatic rings. The molecular weight excluding hydrogens is 230 g/mol. The summed E-state index contributed by atoms with van der Waals surface area (Å²) in [7, 11) is 0. The molecule has 0 radical (unpaired) electrons. The van der Waals surface area contributed by atoms with Crippen molar-refractivity contribution in [3.8, 4) is 0 Å². The molecule has 0 amide bonds. The normalized spacial score (nSPS) is 43.2. The zero-order valence-corrected chi connectivity index (χ0v) is 10.8. The van der Waals surface area contributed by atoms with Crippen LogP contribution in [0.5, 0.6) is 0 Å². The molecule has 2 saturated carbocycles.